The molecule has 4 heteroatoms. The number of nitrogens with one attached hydrogen (secondary N) is 1. The van der Waals surface area contributed by atoms with Crippen LogP contribution >= 0.6 is 11.8 Å². The van der Waals surface area contributed by atoms with Crippen molar-refractivity contribution >= 4 is 17.7 Å². The van der Waals surface area contributed by atoms with E-state index in [0.29, 0.717) is 5.75 Å². The molecular weight excluding hydrogens is 220 g/mol. The van der Waals surface area contributed by atoms with Gasteiger partial charge < -0.3 is 10.2 Å². The first-order valence-corrected chi connectivity index (χ1v) is 6.51. The van der Waals surface area contributed by atoms with Gasteiger partial charge in [-0.25, -0.2) is 0 Å². The van der Waals surface area contributed by atoms with Crippen LogP contribution in [0.3, 0.4) is 0 Å². The van der Waals surface area contributed by atoms with E-state index in [1.165, 1.54) is 0 Å². The van der Waals surface area contributed by atoms with Crippen molar-refractivity contribution in [3.05, 3.63) is 30.3 Å². The first-order chi connectivity index (χ1) is 7.86. The molecule has 0 aromatic heterocycles. The topological polar surface area (TPSA) is 32.3 Å². The van der Waals surface area contributed by atoms with Gasteiger partial charge in [0.05, 0.1) is 5.75 Å². The number of amides is 1. The van der Waals surface area contributed by atoms with Crippen LogP contribution in [0.15, 0.2) is 35.2 Å². The number of hydrogen-bond acceptors (Lipinski definition) is 3. The molecule has 1 fully saturated rings. The highest BCUT2D eigenvalue weighted by atomic mass is 32.2. The summed E-state index contributed by atoms with van der Waals surface area (Å²) in [4.78, 5) is 14.9. The second-order valence-electron chi connectivity index (χ2n) is 3.73. The lowest BCUT2D eigenvalue weighted by Crippen LogP contribution is -2.47. The van der Waals surface area contributed by atoms with Crippen molar-refractivity contribution in [1.29, 1.82) is 0 Å². The number of benzene rings is 1. The molecule has 3 nitrogen and oxygen atoms in total. The molecule has 1 heterocycles. The van der Waals surface area contributed by atoms with Gasteiger partial charge in [-0.05, 0) is 12.1 Å². The maximum atomic E-state index is 11.8. The summed E-state index contributed by atoms with van der Waals surface area (Å²) >= 11 is 1.61. The molecule has 0 atom stereocenters. The van der Waals surface area contributed by atoms with Gasteiger partial charge in [-0.1, -0.05) is 18.2 Å². The van der Waals surface area contributed by atoms with Gasteiger partial charge in [0.15, 0.2) is 0 Å². The van der Waals surface area contributed by atoms with Crippen LogP contribution < -0.4 is 5.32 Å². The molecule has 86 valence electrons. The van der Waals surface area contributed by atoms with E-state index in [-0.39, 0.29) is 5.91 Å². The molecule has 1 aromatic carbocycles. The zero-order valence-corrected chi connectivity index (χ0v) is 10.0. The van der Waals surface area contributed by atoms with Gasteiger partial charge in [0.1, 0.15) is 0 Å². The summed E-state index contributed by atoms with van der Waals surface area (Å²) in [6.45, 7) is 3.52. The van der Waals surface area contributed by atoms with E-state index >= 15 is 0 Å². The molecule has 1 aromatic rings. The largest absolute Gasteiger partial charge is 0.339 e. The van der Waals surface area contributed by atoms with Crippen molar-refractivity contribution in [3.63, 3.8) is 0 Å². The number of carbonyl (C=O) groups is 1. The highest BCUT2D eigenvalue weighted by Crippen LogP contribution is 2.17. The smallest absolute Gasteiger partial charge is 0.233 e. The Hall–Kier alpha value is -1.00. The van der Waals surface area contributed by atoms with Crippen LogP contribution in [0.4, 0.5) is 0 Å². The third-order valence-corrected chi connectivity index (χ3v) is 3.57. The molecule has 0 aliphatic carbocycles. The lowest BCUT2D eigenvalue weighted by Gasteiger charge is -2.27. The third-order valence-electron chi connectivity index (χ3n) is 2.58. The van der Waals surface area contributed by atoms with Crippen LogP contribution in [0.2, 0.25) is 0 Å². The Balaban J connectivity index is 1.79. The number of carbonyl (C=O) groups excluding carboxylic acids is 1. The van der Waals surface area contributed by atoms with Crippen molar-refractivity contribution in [2.24, 2.45) is 0 Å². The van der Waals surface area contributed by atoms with E-state index in [0.717, 1.165) is 31.1 Å². The zero-order chi connectivity index (χ0) is 11.2. The first-order valence-electron chi connectivity index (χ1n) is 5.52. The van der Waals surface area contributed by atoms with Crippen molar-refractivity contribution in [3.8, 4) is 0 Å². The Morgan fingerprint density at radius 3 is 2.62 bits per heavy atom. The summed E-state index contributed by atoms with van der Waals surface area (Å²) in [7, 11) is 0. The molecule has 1 saturated heterocycles. The summed E-state index contributed by atoms with van der Waals surface area (Å²) in [5.41, 5.74) is 0. The standard InChI is InChI=1S/C12H16N2OS/c15-12(14-8-6-13-7-9-14)10-16-11-4-2-1-3-5-11/h1-5,13H,6-10H2. The molecule has 0 unspecified atom stereocenters. The Morgan fingerprint density at radius 1 is 1.25 bits per heavy atom. The van der Waals surface area contributed by atoms with Crippen LogP contribution in [0, 0.1) is 0 Å². The summed E-state index contributed by atoms with van der Waals surface area (Å²) in [6, 6.07) is 10.1. The number of thioether (sulfide) groups is 1. The molecule has 0 radical (unpaired) electrons. The summed E-state index contributed by atoms with van der Waals surface area (Å²) in [5.74, 6) is 0.791. The molecule has 1 N–H and O–H groups in total. The number of hydrogen-bond donors (Lipinski definition) is 1. The predicted molar refractivity (Wildman–Crippen MR) is 66.6 cm³/mol. The van der Waals surface area contributed by atoms with Gasteiger partial charge in [0.2, 0.25) is 5.91 Å². The lowest BCUT2D eigenvalue weighted by molar-refractivity contribution is -0.128. The molecule has 1 aliphatic rings. The minimum absolute atomic E-state index is 0.246. The van der Waals surface area contributed by atoms with Crippen molar-refractivity contribution in [2.75, 3.05) is 31.9 Å². The summed E-state index contributed by atoms with van der Waals surface area (Å²) < 4.78 is 0. The molecule has 0 spiro atoms. The zero-order valence-electron chi connectivity index (χ0n) is 9.19. The van der Waals surface area contributed by atoms with Gasteiger partial charge in [-0.3, -0.25) is 4.79 Å². The second-order valence-corrected chi connectivity index (χ2v) is 4.78. The number of nitrogens with zero attached hydrogens (tertiary/aromatic N) is 1. The molecule has 0 bridgehead atoms. The maximum Gasteiger partial charge on any atom is 0.233 e. The first kappa shape index (κ1) is 11.5. The second kappa shape index (κ2) is 5.92. The average Bonchev–Trinajstić information content (AvgIpc) is 2.38. The maximum absolute atomic E-state index is 11.8. The van der Waals surface area contributed by atoms with E-state index in [1.54, 1.807) is 11.8 Å². The van der Waals surface area contributed by atoms with Crippen LogP contribution in [0.5, 0.6) is 0 Å². The minimum atomic E-state index is 0.246. The average molecular weight is 236 g/mol. The molecule has 1 amide bonds. The van der Waals surface area contributed by atoms with Crippen molar-refractivity contribution in [1.82, 2.24) is 10.2 Å². The van der Waals surface area contributed by atoms with Gasteiger partial charge in [-0.15, -0.1) is 11.8 Å². The fourth-order valence-corrected chi connectivity index (χ4v) is 2.49. The van der Waals surface area contributed by atoms with Crippen LogP contribution in [0.25, 0.3) is 0 Å². The van der Waals surface area contributed by atoms with E-state index in [9.17, 15) is 4.79 Å². The van der Waals surface area contributed by atoms with E-state index < -0.39 is 0 Å². The molecular formula is C12H16N2OS. The predicted octanol–water partition coefficient (Wildman–Crippen LogP) is 1.21. The fraction of sp³-hybridized carbons (Fsp3) is 0.417. The van der Waals surface area contributed by atoms with Crippen LogP contribution in [-0.2, 0) is 4.79 Å². The summed E-state index contributed by atoms with van der Waals surface area (Å²) in [5, 5.41) is 3.24. The van der Waals surface area contributed by atoms with Gasteiger partial charge >= 0.3 is 0 Å². The Bertz CT molecular complexity index is 336. The Kier molecular flexibility index (Phi) is 4.25. The van der Waals surface area contributed by atoms with Crippen molar-refractivity contribution in [2.45, 2.75) is 4.90 Å². The number of rotatable bonds is 3. The summed E-state index contributed by atoms with van der Waals surface area (Å²) in [6.07, 6.45) is 0. The third kappa shape index (κ3) is 3.25. The van der Waals surface area contributed by atoms with Crippen LogP contribution in [-0.4, -0.2) is 42.7 Å². The SMILES string of the molecule is O=C(CSc1ccccc1)N1CCNCC1. The molecule has 2 rings (SSSR count). The lowest BCUT2D eigenvalue weighted by atomic mass is 10.3. The van der Waals surface area contributed by atoms with Gasteiger partial charge in [0, 0.05) is 31.1 Å². The monoisotopic (exact) mass is 236 g/mol. The van der Waals surface area contributed by atoms with Crippen LogP contribution in [0.1, 0.15) is 0 Å². The van der Waals surface area contributed by atoms with E-state index in [2.05, 4.69) is 5.32 Å². The minimum Gasteiger partial charge on any atom is -0.339 e. The Labute approximate surface area is 100 Å². The van der Waals surface area contributed by atoms with Gasteiger partial charge in [-0.2, -0.15) is 0 Å². The molecule has 1 aliphatic heterocycles. The molecule has 16 heavy (non-hydrogen) atoms. The normalized spacial score (nSPS) is 16.1. The van der Waals surface area contributed by atoms with Crippen molar-refractivity contribution < 1.29 is 4.79 Å². The van der Waals surface area contributed by atoms with E-state index in [1.807, 2.05) is 35.2 Å². The van der Waals surface area contributed by atoms with E-state index in [4.69, 9.17) is 0 Å². The number of piperazine rings is 1. The fourth-order valence-electron chi connectivity index (χ4n) is 1.67. The molecule has 0 saturated carbocycles. The Morgan fingerprint density at radius 2 is 1.94 bits per heavy atom. The van der Waals surface area contributed by atoms with Gasteiger partial charge in [0.25, 0.3) is 0 Å². The highest BCUT2D eigenvalue weighted by molar-refractivity contribution is 8.00. The quantitative estimate of drug-likeness (QED) is 0.801. The highest BCUT2D eigenvalue weighted by Gasteiger charge is 2.15.